The van der Waals surface area contributed by atoms with Gasteiger partial charge in [-0.25, -0.2) is 0 Å². The van der Waals surface area contributed by atoms with Gasteiger partial charge in [-0.05, 0) is 24.3 Å². The number of nitrogen functional groups attached to an aromatic ring is 1. The van der Waals surface area contributed by atoms with E-state index in [0.29, 0.717) is 32.3 Å². The smallest absolute Gasteiger partial charge is 0.209 e. The lowest BCUT2D eigenvalue weighted by Gasteiger charge is -2.10. The van der Waals surface area contributed by atoms with Crippen LogP contribution in [0.4, 0.5) is 5.82 Å². The van der Waals surface area contributed by atoms with Crippen LogP contribution in [0, 0.1) is 0 Å². The highest BCUT2D eigenvalue weighted by atomic mass is 35.5. The van der Waals surface area contributed by atoms with Crippen molar-refractivity contribution in [3.63, 3.8) is 0 Å². The minimum absolute atomic E-state index is 0.0604. The molecule has 31 heavy (non-hydrogen) atoms. The molecule has 1 aromatic heterocycles. The number of hydrogen-bond donors (Lipinski definition) is 2. The van der Waals surface area contributed by atoms with E-state index in [9.17, 15) is 9.59 Å². The van der Waals surface area contributed by atoms with E-state index in [1.165, 1.54) is 0 Å². The van der Waals surface area contributed by atoms with Gasteiger partial charge in [0.2, 0.25) is 5.78 Å². The van der Waals surface area contributed by atoms with E-state index in [1.54, 1.807) is 66.7 Å². The van der Waals surface area contributed by atoms with Gasteiger partial charge in [-0.1, -0.05) is 83.3 Å². The summed E-state index contributed by atoms with van der Waals surface area (Å²) >= 11 is 18.6. The lowest BCUT2D eigenvalue weighted by Crippen LogP contribution is -2.07. The van der Waals surface area contributed by atoms with Crippen molar-refractivity contribution >= 4 is 52.2 Å². The molecule has 4 aromatic rings. The lowest BCUT2D eigenvalue weighted by atomic mass is 9.93. The van der Waals surface area contributed by atoms with Crippen LogP contribution >= 0.6 is 34.8 Å². The van der Waals surface area contributed by atoms with Crippen molar-refractivity contribution in [2.24, 2.45) is 0 Å². The predicted octanol–water partition coefficient (Wildman–Crippen LogP) is 6.69. The van der Waals surface area contributed by atoms with Crippen molar-refractivity contribution in [1.29, 1.82) is 0 Å². The first-order valence-corrected chi connectivity index (χ1v) is 10.4. The molecule has 3 N–H and O–H groups in total. The van der Waals surface area contributed by atoms with Gasteiger partial charge in [0.15, 0.2) is 5.78 Å². The highest BCUT2D eigenvalue weighted by Crippen LogP contribution is 2.39. The zero-order valence-electron chi connectivity index (χ0n) is 16.0. The average molecular weight is 470 g/mol. The second-order valence-corrected chi connectivity index (χ2v) is 8.10. The zero-order valence-corrected chi connectivity index (χ0v) is 18.2. The summed E-state index contributed by atoms with van der Waals surface area (Å²) in [5.74, 6) is -0.645. The normalized spacial score (nSPS) is 10.8. The third-order valence-electron chi connectivity index (χ3n) is 4.81. The molecule has 0 amide bonds. The number of carbonyl (C=O) groups is 2. The number of carbonyl (C=O) groups excluding carboxylic acids is 2. The Labute approximate surface area is 193 Å². The fourth-order valence-electron chi connectivity index (χ4n) is 3.39. The maximum Gasteiger partial charge on any atom is 0.209 e. The summed E-state index contributed by atoms with van der Waals surface area (Å²) in [4.78, 5) is 29.6. The topological polar surface area (TPSA) is 76.0 Å². The van der Waals surface area contributed by atoms with E-state index in [4.69, 9.17) is 40.5 Å². The summed E-state index contributed by atoms with van der Waals surface area (Å²) in [7, 11) is 0. The van der Waals surface area contributed by atoms with Gasteiger partial charge in [0.05, 0.1) is 11.3 Å². The molecule has 0 aliphatic heterocycles. The Hall–Kier alpha value is -3.05. The molecule has 3 aromatic carbocycles. The Morgan fingerprint density at radius 3 is 2.10 bits per heavy atom. The summed E-state index contributed by atoms with van der Waals surface area (Å²) in [6.07, 6.45) is 0. The van der Waals surface area contributed by atoms with Gasteiger partial charge >= 0.3 is 0 Å². The number of benzene rings is 3. The molecule has 154 valence electrons. The van der Waals surface area contributed by atoms with Crippen molar-refractivity contribution in [2.45, 2.75) is 0 Å². The first kappa shape index (κ1) is 21.2. The minimum atomic E-state index is -0.385. The number of nitrogens with two attached hydrogens (primary N) is 1. The number of H-pyrrole nitrogens is 1. The van der Waals surface area contributed by atoms with E-state index in [0.717, 1.165) is 0 Å². The fourth-order valence-corrected chi connectivity index (χ4v) is 4.09. The van der Waals surface area contributed by atoms with Crippen molar-refractivity contribution in [2.75, 3.05) is 5.73 Å². The maximum atomic E-state index is 13.4. The summed E-state index contributed by atoms with van der Waals surface area (Å²) in [5.41, 5.74) is 8.09. The molecule has 0 spiro atoms. The Kier molecular flexibility index (Phi) is 5.88. The van der Waals surface area contributed by atoms with Gasteiger partial charge in [0.1, 0.15) is 5.82 Å². The Morgan fingerprint density at radius 2 is 1.42 bits per heavy atom. The number of aromatic amines is 1. The van der Waals surface area contributed by atoms with Crippen LogP contribution in [0.15, 0.2) is 72.8 Å². The van der Waals surface area contributed by atoms with E-state index >= 15 is 0 Å². The highest BCUT2D eigenvalue weighted by Gasteiger charge is 2.29. The third-order valence-corrected chi connectivity index (χ3v) is 5.59. The second kappa shape index (κ2) is 8.60. The standard InChI is InChI=1S/C24H15Cl3N2O2/c25-15-8-4-7-14(11-15)22(30)20-19(17-10-9-16(26)12-18(17)27)21(29-24(20)28)23(31)13-5-2-1-3-6-13/h1-12,29H,28H2. The van der Waals surface area contributed by atoms with Crippen molar-refractivity contribution < 1.29 is 9.59 Å². The molecule has 1 heterocycles. The van der Waals surface area contributed by atoms with Gasteiger partial charge in [-0.3, -0.25) is 9.59 Å². The molecule has 0 aliphatic rings. The summed E-state index contributed by atoms with van der Waals surface area (Å²) < 4.78 is 0. The number of hydrogen-bond acceptors (Lipinski definition) is 3. The number of rotatable bonds is 5. The molecule has 7 heteroatoms. The van der Waals surface area contributed by atoms with Crippen molar-refractivity contribution in [1.82, 2.24) is 4.98 Å². The largest absolute Gasteiger partial charge is 0.385 e. The molecule has 0 bridgehead atoms. The van der Waals surface area contributed by atoms with Crippen molar-refractivity contribution in [3.8, 4) is 11.1 Å². The minimum Gasteiger partial charge on any atom is -0.385 e. The molecule has 0 aliphatic carbocycles. The molecule has 0 atom stereocenters. The van der Waals surface area contributed by atoms with E-state index < -0.39 is 0 Å². The molecule has 0 unspecified atom stereocenters. The Morgan fingerprint density at radius 1 is 0.742 bits per heavy atom. The number of ketones is 2. The van der Waals surface area contributed by atoms with Gasteiger partial charge in [-0.2, -0.15) is 0 Å². The lowest BCUT2D eigenvalue weighted by molar-refractivity contribution is 0.103. The fraction of sp³-hybridized carbons (Fsp3) is 0. The van der Waals surface area contributed by atoms with Crippen molar-refractivity contribution in [3.05, 3.63) is 110 Å². The van der Waals surface area contributed by atoms with Crippen LogP contribution in [0.3, 0.4) is 0 Å². The molecule has 0 saturated heterocycles. The third kappa shape index (κ3) is 4.10. The Balaban J connectivity index is 1.98. The maximum absolute atomic E-state index is 13.4. The molecule has 0 fully saturated rings. The van der Waals surface area contributed by atoms with Crippen LogP contribution in [-0.2, 0) is 0 Å². The quantitative estimate of drug-likeness (QED) is 0.320. The van der Waals surface area contributed by atoms with E-state index in [1.807, 2.05) is 6.07 Å². The van der Waals surface area contributed by atoms with Crippen LogP contribution in [-0.4, -0.2) is 16.6 Å². The highest BCUT2D eigenvalue weighted by molar-refractivity contribution is 6.37. The first-order chi connectivity index (χ1) is 14.9. The predicted molar refractivity (Wildman–Crippen MR) is 125 cm³/mol. The van der Waals surface area contributed by atoms with Gasteiger partial charge in [0.25, 0.3) is 0 Å². The van der Waals surface area contributed by atoms with Crippen LogP contribution in [0.5, 0.6) is 0 Å². The van der Waals surface area contributed by atoms with Crippen LogP contribution in [0.2, 0.25) is 15.1 Å². The average Bonchev–Trinajstić information content (AvgIpc) is 3.10. The summed E-state index contributed by atoms with van der Waals surface area (Å²) in [6.45, 7) is 0. The van der Waals surface area contributed by atoms with Gasteiger partial charge in [-0.15, -0.1) is 0 Å². The SMILES string of the molecule is Nc1[nH]c(C(=O)c2ccccc2)c(-c2ccc(Cl)cc2Cl)c1C(=O)c1cccc(Cl)c1. The van der Waals surface area contributed by atoms with Crippen LogP contribution < -0.4 is 5.73 Å². The molecular weight excluding hydrogens is 455 g/mol. The van der Waals surface area contributed by atoms with E-state index in [-0.39, 0.29) is 33.7 Å². The monoisotopic (exact) mass is 468 g/mol. The van der Waals surface area contributed by atoms with Gasteiger partial charge < -0.3 is 10.7 Å². The summed E-state index contributed by atoms with van der Waals surface area (Å²) in [6, 6.07) is 20.0. The van der Waals surface area contributed by atoms with E-state index in [2.05, 4.69) is 4.98 Å². The number of anilines is 1. The second-order valence-electron chi connectivity index (χ2n) is 6.82. The number of aromatic nitrogens is 1. The van der Waals surface area contributed by atoms with Crippen LogP contribution in [0.1, 0.15) is 32.0 Å². The molecule has 4 rings (SSSR count). The molecule has 0 radical (unpaired) electrons. The first-order valence-electron chi connectivity index (χ1n) is 9.23. The number of halogens is 3. The molecular formula is C24H15Cl3N2O2. The Bertz CT molecular complexity index is 1310. The zero-order chi connectivity index (χ0) is 22.1. The molecule has 0 saturated carbocycles. The summed E-state index contributed by atoms with van der Waals surface area (Å²) in [5, 5.41) is 1.12. The van der Waals surface area contributed by atoms with Crippen LogP contribution in [0.25, 0.3) is 11.1 Å². The number of nitrogens with one attached hydrogen (secondary N) is 1. The van der Waals surface area contributed by atoms with Gasteiger partial charge in [0, 0.05) is 37.3 Å². The molecule has 4 nitrogen and oxygen atoms in total.